The van der Waals surface area contributed by atoms with E-state index in [1.807, 2.05) is 43.3 Å². The van der Waals surface area contributed by atoms with E-state index in [0.717, 1.165) is 21.9 Å². The van der Waals surface area contributed by atoms with Gasteiger partial charge in [0.15, 0.2) is 5.78 Å². The number of benzene rings is 3. The Morgan fingerprint density at radius 2 is 1.62 bits per heavy atom. The summed E-state index contributed by atoms with van der Waals surface area (Å²) in [4.78, 5) is 11.8. The van der Waals surface area contributed by atoms with Gasteiger partial charge in [0.2, 0.25) is 0 Å². The van der Waals surface area contributed by atoms with Crippen molar-refractivity contribution in [2.45, 2.75) is 13.8 Å². The molecule has 21 heavy (non-hydrogen) atoms. The molecule has 0 saturated carbocycles. The molecular formula is C19H15FO. The van der Waals surface area contributed by atoms with Crippen LogP contribution in [-0.4, -0.2) is 5.78 Å². The average Bonchev–Trinajstić information content (AvgIpc) is 2.47. The molecule has 3 aromatic rings. The summed E-state index contributed by atoms with van der Waals surface area (Å²) in [7, 11) is 0. The Balaban J connectivity index is 2.39. The Labute approximate surface area is 123 Å². The predicted molar refractivity (Wildman–Crippen MR) is 84.1 cm³/mol. The lowest BCUT2D eigenvalue weighted by molar-refractivity contribution is 0.101. The second kappa shape index (κ2) is 5.13. The molecule has 0 atom stereocenters. The van der Waals surface area contributed by atoms with E-state index in [9.17, 15) is 9.18 Å². The molecule has 2 heteroatoms. The van der Waals surface area contributed by atoms with Gasteiger partial charge in [-0.3, -0.25) is 4.79 Å². The molecule has 0 aromatic heterocycles. The number of Topliss-reactive ketones (excluding diaryl/α,β-unsaturated/α-hetero) is 1. The van der Waals surface area contributed by atoms with Gasteiger partial charge >= 0.3 is 0 Å². The van der Waals surface area contributed by atoms with Crippen molar-refractivity contribution in [3.63, 3.8) is 0 Å². The van der Waals surface area contributed by atoms with Crippen LogP contribution in [0.1, 0.15) is 22.8 Å². The van der Waals surface area contributed by atoms with Crippen molar-refractivity contribution in [3.8, 4) is 11.1 Å². The standard InChI is InChI=1S/C19H15FO/c1-12-7-9-18(17-6-4-3-5-15(12)17)19-11-14(20)8-10-16(19)13(2)21/h3-11H,1-2H3. The fourth-order valence-corrected chi connectivity index (χ4v) is 2.73. The lowest BCUT2D eigenvalue weighted by Crippen LogP contribution is -1.97. The van der Waals surface area contributed by atoms with Crippen LogP contribution in [-0.2, 0) is 0 Å². The first-order chi connectivity index (χ1) is 10.1. The van der Waals surface area contributed by atoms with E-state index in [4.69, 9.17) is 0 Å². The van der Waals surface area contributed by atoms with E-state index >= 15 is 0 Å². The van der Waals surface area contributed by atoms with Crippen molar-refractivity contribution in [2.75, 3.05) is 0 Å². The molecule has 0 radical (unpaired) electrons. The number of ketones is 1. The molecule has 0 aliphatic heterocycles. The molecular weight excluding hydrogens is 263 g/mol. The minimum atomic E-state index is -0.334. The van der Waals surface area contributed by atoms with Gasteiger partial charge in [-0.25, -0.2) is 4.39 Å². The third kappa shape index (κ3) is 2.33. The zero-order valence-corrected chi connectivity index (χ0v) is 12.0. The fourth-order valence-electron chi connectivity index (χ4n) is 2.73. The number of carbonyl (C=O) groups is 1. The molecule has 0 spiro atoms. The summed E-state index contributed by atoms with van der Waals surface area (Å²) in [5, 5.41) is 2.15. The molecule has 3 aromatic carbocycles. The highest BCUT2D eigenvalue weighted by molar-refractivity contribution is 6.06. The molecule has 0 unspecified atom stereocenters. The highest BCUT2D eigenvalue weighted by Crippen LogP contribution is 2.33. The second-order valence-corrected chi connectivity index (χ2v) is 5.22. The Morgan fingerprint density at radius 3 is 2.33 bits per heavy atom. The SMILES string of the molecule is CC(=O)c1ccc(F)cc1-c1ccc(C)c2ccccc12. The topological polar surface area (TPSA) is 17.1 Å². The van der Waals surface area contributed by atoms with Crippen LogP contribution in [0.25, 0.3) is 21.9 Å². The normalized spacial score (nSPS) is 10.8. The molecule has 0 heterocycles. The first kappa shape index (κ1) is 13.5. The van der Waals surface area contributed by atoms with E-state index in [-0.39, 0.29) is 11.6 Å². The van der Waals surface area contributed by atoms with E-state index in [1.165, 1.54) is 19.1 Å². The maximum absolute atomic E-state index is 13.7. The van der Waals surface area contributed by atoms with Gasteiger partial charge in [0.1, 0.15) is 5.82 Å². The largest absolute Gasteiger partial charge is 0.294 e. The van der Waals surface area contributed by atoms with Crippen molar-refractivity contribution < 1.29 is 9.18 Å². The molecule has 104 valence electrons. The third-order valence-electron chi connectivity index (χ3n) is 3.79. The summed E-state index contributed by atoms with van der Waals surface area (Å²) in [6.45, 7) is 3.55. The van der Waals surface area contributed by atoms with Gasteiger partial charge < -0.3 is 0 Å². The third-order valence-corrected chi connectivity index (χ3v) is 3.79. The van der Waals surface area contributed by atoms with Gasteiger partial charge in [0.25, 0.3) is 0 Å². The monoisotopic (exact) mass is 278 g/mol. The molecule has 0 aliphatic rings. The first-order valence-corrected chi connectivity index (χ1v) is 6.87. The molecule has 0 N–H and O–H groups in total. The molecule has 0 aliphatic carbocycles. The zero-order valence-electron chi connectivity index (χ0n) is 12.0. The summed E-state index contributed by atoms with van der Waals surface area (Å²) in [6.07, 6.45) is 0. The van der Waals surface area contributed by atoms with Crippen LogP contribution in [0.3, 0.4) is 0 Å². The van der Waals surface area contributed by atoms with Crippen LogP contribution in [0.5, 0.6) is 0 Å². The van der Waals surface area contributed by atoms with Crippen LogP contribution in [0, 0.1) is 12.7 Å². The minimum Gasteiger partial charge on any atom is -0.294 e. The lowest BCUT2D eigenvalue weighted by Gasteiger charge is -2.12. The van der Waals surface area contributed by atoms with Crippen molar-refractivity contribution in [1.29, 1.82) is 0 Å². The van der Waals surface area contributed by atoms with Gasteiger partial charge in [-0.15, -0.1) is 0 Å². The minimum absolute atomic E-state index is 0.0605. The van der Waals surface area contributed by atoms with Crippen molar-refractivity contribution in [3.05, 3.63) is 71.5 Å². The highest BCUT2D eigenvalue weighted by Gasteiger charge is 2.13. The summed E-state index contributed by atoms with van der Waals surface area (Å²) in [6, 6.07) is 16.3. The van der Waals surface area contributed by atoms with Crippen molar-refractivity contribution >= 4 is 16.6 Å². The fraction of sp³-hybridized carbons (Fsp3) is 0.105. The first-order valence-electron chi connectivity index (χ1n) is 6.87. The number of rotatable bonds is 2. The second-order valence-electron chi connectivity index (χ2n) is 5.22. The van der Waals surface area contributed by atoms with Gasteiger partial charge in [-0.2, -0.15) is 0 Å². The smallest absolute Gasteiger partial charge is 0.160 e. The summed E-state index contributed by atoms with van der Waals surface area (Å²) < 4.78 is 13.7. The van der Waals surface area contributed by atoms with Crippen molar-refractivity contribution in [1.82, 2.24) is 0 Å². The number of aryl methyl sites for hydroxylation is 1. The average molecular weight is 278 g/mol. The van der Waals surface area contributed by atoms with Gasteiger partial charge in [0, 0.05) is 5.56 Å². The molecule has 0 amide bonds. The van der Waals surface area contributed by atoms with Crippen LogP contribution in [0.15, 0.2) is 54.6 Å². The summed E-state index contributed by atoms with van der Waals surface area (Å²) in [5.74, 6) is -0.394. The van der Waals surface area contributed by atoms with Crippen LogP contribution < -0.4 is 0 Å². The van der Waals surface area contributed by atoms with E-state index in [1.54, 1.807) is 6.07 Å². The molecule has 0 saturated heterocycles. The van der Waals surface area contributed by atoms with Crippen LogP contribution in [0.4, 0.5) is 4.39 Å². The molecule has 1 nitrogen and oxygen atoms in total. The van der Waals surface area contributed by atoms with Gasteiger partial charge in [-0.05, 0) is 59.5 Å². The van der Waals surface area contributed by atoms with E-state index < -0.39 is 0 Å². The molecule has 0 bridgehead atoms. The maximum Gasteiger partial charge on any atom is 0.160 e. The molecule has 3 rings (SSSR count). The Kier molecular flexibility index (Phi) is 3.30. The zero-order chi connectivity index (χ0) is 15.0. The molecule has 0 fully saturated rings. The Hall–Kier alpha value is -2.48. The lowest BCUT2D eigenvalue weighted by atomic mass is 9.91. The Bertz CT molecular complexity index is 849. The summed E-state index contributed by atoms with van der Waals surface area (Å²) in [5.41, 5.74) is 3.25. The van der Waals surface area contributed by atoms with E-state index in [2.05, 4.69) is 0 Å². The number of hydrogen-bond donors (Lipinski definition) is 0. The quantitative estimate of drug-likeness (QED) is 0.592. The maximum atomic E-state index is 13.7. The number of halogens is 1. The van der Waals surface area contributed by atoms with E-state index in [0.29, 0.717) is 11.1 Å². The van der Waals surface area contributed by atoms with Gasteiger partial charge in [-0.1, -0.05) is 36.4 Å². The van der Waals surface area contributed by atoms with Gasteiger partial charge in [0.05, 0.1) is 0 Å². The Morgan fingerprint density at radius 1 is 0.905 bits per heavy atom. The highest BCUT2D eigenvalue weighted by atomic mass is 19.1. The number of carbonyl (C=O) groups excluding carboxylic acids is 1. The van der Waals surface area contributed by atoms with Crippen LogP contribution >= 0.6 is 0 Å². The van der Waals surface area contributed by atoms with Crippen LogP contribution in [0.2, 0.25) is 0 Å². The number of fused-ring (bicyclic) bond motifs is 1. The summed E-state index contributed by atoms with van der Waals surface area (Å²) >= 11 is 0. The number of hydrogen-bond acceptors (Lipinski definition) is 1. The predicted octanol–water partition coefficient (Wildman–Crippen LogP) is 5.16. The van der Waals surface area contributed by atoms with Crippen molar-refractivity contribution in [2.24, 2.45) is 0 Å².